The number of aromatic nitrogens is 2. The van der Waals surface area contributed by atoms with Gasteiger partial charge in [0.15, 0.2) is 0 Å². The van der Waals surface area contributed by atoms with Gasteiger partial charge in [0.1, 0.15) is 5.78 Å². The molecular weight excluding hydrogens is 410 g/mol. The first-order valence-corrected chi connectivity index (χ1v) is 13.5. The van der Waals surface area contributed by atoms with E-state index < -0.39 is 0 Å². The van der Waals surface area contributed by atoms with E-state index >= 15 is 0 Å². The van der Waals surface area contributed by atoms with Gasteiger partial charge in [0, 0.05) is 67.6 Å². The van der Waals surface area contributed by atoms with E-state index in [0.717, 1.165) is 51.5 Å². The lowest BCUT2D eigenvalue weighted by molar-refractivity contribution is -0.135. The third-order valence-electron chi connectivity index (χ3n) is 9.30. The van der Waals surface area contributed by atoms with Crippen LogP contribution in [0.2, 0.25) is 0 Å². The van der Waals surface area contributed by atoms with Gasteiger partial charge in [-0.25, -0.2) is 9.97 Å². The van der Waals surface area contributed by atoms with Gasteiger partial charge in [-0.05, 0) is 70.4 Å². The second-order valence-corrected chi connectivity index (χ2v) is 11.8. The zero-order chi connectivity index (χ0) is 23.2. The fraction of sp³-hybridized carbons (Fsp3) is 0.815. The Bertz CT molecular complexity index is 809. The second-order valence-electron chi connectivity index (χ2n) is 11.8. The van der Waals surface area contributed by atoms with Gasteiger partial charge in [0.25, 0.3) is 0 Å². The van der Waals surface area contributed by atoms with Crippen LogP contribution in [-0.4, -0.2) is 69.9 Å². The van der Waals surface area contributed by atoms with Crippen molar-refractivity contribution in [2.24, 2.45) is 17.3 Å². The van der Waals surface area contributed by atoms with E-state index in [-0.39, 0.29) is 5.92 Å². The summed E-state index contributed by atoms with van der Waals surface area (Å²) in [7, 11) is 0. The third-order valence-corrected chi connectivity index (χ3v) is 9.30. The maximum atomic E-state index is 12.3. The van der Waals surface area contributed by atoms with Gasteiger partial charge in [0.2, 0.25) is 5.95 Å². The predicted molar refractivity (Wildman–Crippen MR) is 132 cm³/mol. The molecule has 33 heavy (non-hydrogen) atoms. The van der Waals surface area contributed by atoms with Crippen molar-refractivity contribution < 1.29 is 4.79 Å². The standard InChI is InChI=1S/C27H43N5O/c1-5-20(4)31-17-23-6-7-24(18-31)32(23)26-28-14-21(15-29-26)16-30-10-8-27(9-11-30)12-22(13-27)25(33)19(2)3/h14-15,19-20,22-24H,5-13,16-18H2,1-4H3. The molecule has 182 valence electrons. The molecule has 1 saturated carbocycles. The number of nitrogens with zero attached hydrogens (tertiary/aromatic N) is 5. The Morgan fingerprint density at radius 2 is 1.67 bits per heavy atom. The first-order chi connectivity index (χ1) is 15.9. The molecule has 1 spiro atoms. The lowest BCUT2D eigenvalue weighted by atomic mass is 9.56. The van der Waals surface area contributed by atoms with Crippen molar-refractivity contribution in [1.29, 1.82) is 0 Å². The molecule has 0 N–H and O–H groups in total. The molecule has 3 atom stereocenters. The van der Waals surface area contributed by atoms with E-state index in [1.54, 1.807) is 0 Å². The molecule has 2 bridgehead atoms. The number of hydrogen-bond donors (Lipinski definition) is 0. The number of anilines is 1. The maximum Gasteiger partial charge on any atom is 0.225 e. The van der Waals surface area contributed by atoms with Crippen molar-refractivity contribution in [3.63, 3.8) is 0 Å². The lowest BCUT2D eigenvalue weighted by Gasteiger charge is -2.52. The first kappa shape index (κ1) is 23.2. The Morgan fingerprint density at radius 1 is 1.06 bits per heavy atom. The van der Waals surface area contributed by atoms with Gasteiger partial charge in [-0.3, -0.25) is 14.6 Å². The zero-order valence-corrected chi connectivity index (χ0v) is 21.2. The van der Waals surface area contributed by atoms with Crippen LogP contribution in [0.15, 0.2) is 12.4 Å². The van der Waals surface area contributed by atoms with Gasteiger partial charge in [-0.15, -0.1) is 0 Å². The van der Waals surface area contributed by atoms with Crippen LogP contribution in [-0.2, 0) is 11.3 Å². The summed E-state index contributed by atoms with van der Waals surface area (Å²) in [5.74, 6) is 1.94. The smallest absolute Gasteiger partial charge is 0.225 e. The number of Topliss-reactive ketones (excluding diaryl/α,β-unsaturated/α-hetero) is 1. The number of ketones is 1. The SMILES string of the molecule is CCC(C)N1CC2CCC(C1)N2c1ncc(CN2CCC3(CC2)CC(C(=O)C(C)C)C3)cn1. The van der Waals surface area contributed by atoms with Crippen LogP contribution in [0.25, 0.3) is 0 Å². The van der Waals surface area contributed by atoms with Gasteiger partial charge in [0.05, 0.1) is 0 Å². The van der Waals surface area contributed by atoms with Gasteiger partial charge < -0.3 is 4.90 Å². The highest BCUT2D eigenvalue weighted by Gasteiger charge is 2.48. The van der Waals surface area contributed by atoms with Crippen molar-refractivity contribution in [3.8, 4) is 0 Å². The summed E-state index contributed by atoms with van der Waals surface area (Å²) in [4.78, 5) is 29.7. The van der Waals surface area contributed by atoms with E-state index in [1.807, 2.05) is 13.8 Å². The van der Waals surface area contributed by atoms with Crippen LogP contribution >= 0.6 is 0 Å². The van der Waals surface area contributed by atoms with Crippen molar-refractivity contribution in [3.05, 3.63) is 18.0 Å². The largest absolute Gasteiger partial charge is 0.332 e. The predicted octanol–water partition coefficient (Wildman–Crippen LogP) is 4.15. The molecule has 0 amide bonds. The lowest BCUT2D eigenvalue weighted by Crippen LogP contribution is -2.56. The van der Waals surface area contributed by atoms with Crippen molar-refractivity contribution >= 4 is 11.7 Å². The average molecular weight is 454 g/mol. The van der Waals surface area contributed by atoms with Gasteiger partial charge in [-0.1, -0.05) is 20.8 Å². The van der Waals surface area contributed by atoms with Crippen LogP contribution in [0.3, 0.4) is 0 Å². The summed E-state index contributed by atoms with van der Waals surface area (Å²) < 4.78 is 0. The quantitative estimate of drug-likeness (QED) is 0.618. The molecule has 6 heteroatoms. The summed E-state index contributed by atoms with van der Waals surface area (Å²) in [6.07, 6.45) is 12.6. The molecule has 0 aromatic carbocycles. The molecule has 4 aliphatic rings. The minimum Gasteiger partial charge on any atom is -0.332 e. The molecule has 3 aliphatic heterocycles. The van der Waals surface area contributed by atoms with Crippen LogP contribution in [0.4, 0.5) is 5.95 Å². The molecule has 4 heterocycles. The number of carbonyl (C=O) groups is 1. The Kier molecular flexibility index (Phi) is 6.51. The van der Waals surface area contributed by atoms with Crippen LogP contribution < -0.4 is 4.90 Å². The monoisotopic (exact) mass is 453 g/mol. The molecule has 1 aliphatic carbocycles. The Balaban J connectivity index is 1.12. The van der Waals surface area contributed by atoms with E-state index in [1.165, 1.54) is 37.7 Å². The summed E-state index contributed by atoms with van der Waals surface area (Å²) in [6, 6.07) is 1.80. The maximum absolute atomic E-state index is 12.3. The molecule has 3 saturated heterocycles. The summed E-state index contributed by atoms with van der Waals surface area (Å²) in [5.41, 5.74) is 1.67. The number of rotatable bonds is 7. The Morgan fingerprint density at radius 3 is 2.21 bits per heavy atom. The number of hydrogen-bond acceptors (Lipinski definition) is 6. The molecule has 1 aromatic rings. The zero-order valence-electron chi connectivity index (χ0n) is 21.2. The number of piperazine rings is 1. The van der Waals surface area contributed by atoms with E-state index in [9.17, 15) is 4.79 Å². The highest BCUT2D eigenvalue weighted by atomic mass is 16.1. The van der Waals surface area contributed by atoms with Gasteiger partial charge in [-0.2, -0.15) is 0 Å². The van der Waals surface area contributed by atoms with Crippen LogP contribution in [0, 0.1) is 17.3 Å². The van der Waals surface area contributed by atoms with Crippen LogP contribution in [0.5, 0.6) is 0 Å². The normalized spacial score (nSPS) is 28.9. The van der Waals surface area contributed by atoms with E-state index in [0.29, 0.717) is 35.2 Å². The van der Waals surface area contributed by atoms with Crippen molar-refractivity contribution in [2.75, 3.05) is 31.1 Å². The minimum absolute atomic E-state index is 0.189. The molecule has 3 unspecified atom stereocenters. The summed E-state index contributed by atoms with van der Waals surface area (Å²) in [6.45, 7) is 14.2. The third kappa shape index (κ3) is 4.58. The van der Waals surface area contributed by atoms with E-state index in [4.69, 9.17) is 9.97 Å². The van der Waals surface area contributed by atoms with Crippen molar-refractivity contribution in [1.82, 2.24) is 19.8 Å². The fourth-order valence-corrected chi connectivity index (χ4v) is 6.95. The first-order valence-electron chi connectivity index (χ1n) is 13.5. The average Bonchev–Trinajstić information content (AvgIpc) is 3.06. The Labute approximate surface area is 200 Å². The van der Waals surface area contributed by atoms with Gasteiger partial charge >= 0.3 is 0 Å². The number of likely N-dealkylation sites (tertiary alicyclic amines) is 2. The molecule has 1 aromatic heterocycles. The van der Waals surface area contributed by atoms with Crippen LogP contribution in [0.1, 0.15) is 78.2 Å². The molecule has 0 radical (unpaired) electrons. The highest BCUT2D eigenvalue weighted by molar-refractivity contribution is 5.83. The Hall–Kier alpha value is -1.53. The number of piperidine rings is 1. The highest BCUT2D eigenvalue weighted by Crippen LogP contribution is 2.53. The molecular formula is C27H43N5O. The van der Waals surface area contributed by atoms with Crippen molar-refractivity contribution in [2.45, 2.75) is 97.3 Å². The summed E-state index contributed by atoms with van der Waals surface area (Å²) >= 11 is 0. The molecule has 4 fully saturated rings. The number of carbonyl (C=O) groups excluding carboxylic acids is 1. The second kappa shape index (κ2) is 9.26. The summed E-state index contributed by atoms with van der Waals surface area (Å²) in [5, 5.41) is 0. The fourth-order valence-electron chi connectivity index (χ4n) is 6.95. The van der Waals surface area contributed by atoms with E-state index in [2.05, 4.69) is 40.9 Å². The minimum atomic E-state index is 0.189. The number of fused-ring (bicyclic) bond motifs is 2. The topological polar surface area (TPSA) is 52.6 Å². The molecule has 5 rings (SSSR count). The molecule has 6 nitrogen and oxygen atoms in total.